The predicted octanol–water partition coefficient (Wildman–Crippen LogP) is 2.46. The van der Waals surface area contributed by atoms with E-state index in [1.54, 1.807) is 25.6 Å². The molecule has 1 aromatic heterocycles. The van der Waals surface area contributed by atoms with E-state index in [4.69, 9.17) is 4.74 Å². The summed E-state index contributed by atoms with van der Waals surface area (Å²) in [6.45, 7) is 2.78. The van der Waals surface area contributed by atoms with Crippen LogP contribution in [0.3, 0.4) is 0 Å². The fourth-order valence-corrected chi connectivity index (χ4v) is 3.70. The van der Waals surface area contributed by atoms with Crippen LogP contribution in [0.2, 0.25) is 0 Å². The highest BCUT2D eigenvalue weighted by Gasteiger charge is 2.38. The van der Waals surface area contributed by atoms with E-state index in [2.05, 4.69) is 17.2 Å². The third-order valence-corrected chi connectivity index (χ3v) is 5.21. The molecule has 2 fully saturated rings. The van der Waals surface area contributed by atoms with E-state index in [1.807, 2.05) is 4.90 Å². The lowest BCUT2D eigenvalue weighted by molar-refractivity contribution is -0.130. The molecule has 1 aromatic rings. The van der Waals surface area contributed by atoms with Crippen LogP contribution in [0.4, 0.5) is 5.69 Å². The Hall–Kier alpha value is -2.11. The van der Waals surface area contributed by atoms with Crippen LogP contribution in [-0.2, 0) is 9.59 Å². The van der Waals surface area contributed by atoms with Crippen molar-refractivity contribution < 1.29 is 14.3 Å². The summed E-state index contributed by atoms with van der Waals surface area (Å²) in [6, 6.07) is 2.00. The van der Waals surface area contributed by atoms with Crippen LogP contribution in [0, 0.1) is 11.8 Å². The van der Waals surface area contributed by atoms with Gasteiger partial charge in [-0.25, -0.2) is 0 Å². The summed E-state index contributed by atoms with van der Waals surface area (Å²) in [7, 11) is 1.55. The van der Waals surface area contributed by atoms with Gasteiger partial charge in [0.15, 0.2) is 0 Å². The molecule has 3 rings (SSSR count). The molecule has 0 radical (unpaired) electrons. The van der Waals surface area contributed by atoms with E-state index in [9.17, 15) is 9.59 Å². The number of hydrogen-bond acceptors (Lipinski definition) is 4. The quantitative estimate of drug-likeness (QED) is 0.920. The minimum atomic E-state index is -0.304. The molecular weight excluding hydrogens is 306 g/mol. The van der Waals surface area contributed by atoms with Gasteiger partial charge in [-0.05, 0) is 31.6 Å². The fourth-order valence-electron chi connectivity index (χ4n) is 3.70. The Balaban J connectivity index is 1.61. The van der Waals surface area contributed by atoms with Crippen molar-refractivity contribution in [2.24, 2.45) is 11.8 Å². The van der Waals surface area contributed by atoms with Crippen LogP contribution in [0.15, 0.2) is 18.5 Å². The number of nitrogens with one attached hydrogen (secondary N) is 1. The zero-order valence-corrected chi connectivity index (χ0v) is 14.3. The second kappa shape index (κ2) is 7.20. The summed E-state index contributed by atoms with van der Waals surface area (Å²) in [5.41, 5.74) is 0.544. The first-order valence-electron chi connectivity index (χ1n) is 8.66. The first-order chi connectivity index (χ1) is 11.6. The summed E-state index contributed by atoms with van der Waals surface area (Å²) in [4.78, 5) is 30.8. The van der Waals surface area contributed by atoms with Crippen molar-refractivity contribution in [2.75, 3.05) is 19.0 Å². The van der Waals surface area contributed by atoms with Crippen molar-refractivity contribution in [1.82, 2.24) is 9.88 Å². The Morgan fingerprint density at radius 1 is 1.33 bits per heavy atom. The molecular formula is C18H25N3O3. The lowest BCUT2D eigenvalue weighted by Gasteiger charge is -2.33. The Morgan fingerprint density at radius 2 is 2.08 bits per heavy atom. The molecule has 2 aliphatic rings. The third-order valence-electron chi connectivity index (χ3n) is 5.21. The molecule has 1 saturated heterocycles. The van der Waals surface area contributed by atoms with E-state index in [0.717, 1.165) is 31.6 Å². The van der Waals surface area contributed by atoms with Crippen LogP contribution >= 0.6 is 0 Å². The minimum absolute atomic E-state index is 0.104. The number of anilines is 1. The van der Waals surface area contributed by atoms with E-state index >= 15 is 0 Å². The van der Waals surface area contributed by atoms with Crippen molar-refractivity contribution in [1.29, 1.82) is 0 Å². The number of methoxy groups -OCH3 is 1. The number of ether oxygens (including phenoxy) is 1. The molecule has 0 bridgehead atoms. The van der Waals surface area contributed by atoms with Crippen molar-refractivity contribution in [3.63, 3.8) is 0 Å². The Morgan fingerprint density at radius 3 is 2.79 bits per heavy atom. The minimum Gasteiger partial charge on any atom is -0.494 e. The average molecular weight is 331 g/mol. The molecule has 1 atom stereocenters. The topological polar surface area (TPSA) is 71.5 Å². The normalized spacial score (nSPS) is 27.2. The first-order valence-corrected chi connectivity index (χ1v) is 8.66. The van der Waals surface area contributed by atoms with Gasteiger partial charge in [-0.3, -0.25) is 14.6 Å². The highest BCUT2D eigenvalue weighted by molar-refractivity contribution is 5.98. The predicted molar refractivity (Wildman–Crippen MR) is 90.7 cm³/mol. The highest BCUT2D eigenvalue weighted by Crippen LogP contribution is 2.32. The maximum absolute atomic E-state index is 12.5. The molecule has 0 aromatic carbocycles. The Kier molecular flexibility index (Phi) is 5.02. The number of carbonyl (C=O) groups is 2. The molecule has 2 heterocycles. The van der Waals surface area contributed by atoms with Gasteiger partial charge in [0.1, 0.15) is 11.4 Å². The number of likely N-dealkylation sites (tertiary alicyclic amines) is 1. The van der Waals surface area contributed by atoms with Crippen molar-refractivity contribution in [2.45, 2.75) is 45.1 Å². The molecule has 1 N–H and O–H groups in total. The number of hydrogen-bond donors (Lipinski definition) is 1. The van der Waals surface area contributed by atoms with Crippen LogP contribution < -0.4 is 10.1 Å². The summed E-state index contributed by atoms with van der Waals surface area (Å²) in [5.74, 6) is 0.979. The van der Waals surface area contributed by atoms with Crippen LogP contribution in [0.1, 0.15) is 39.0 Å². The lowest BCUT2D eigenvalue weighted by Crippen LogP contribution is -2.39. The fraction of sp³-hybridized carbons (Fsp3) is 0.611. The van der Waals surface area contributed by atoms with Gasteiger partial charge in [0.25, 0.3) is 0 Å². The smallest absolute Gasteiger partial charge is 0.229 e. The second-order valence-electron chi connectivity index (χ2n) is 6.93. The van der Waals surface area contributed by atoms with Crippen molar-refractivity contribution >= 4 is 17.5 Å². The molecule has 6 nitrogen and oxygen atoms in total. The summed E-state index contributed by atoms with van der Waals surface area (Å²) in [6.07, 6.45) is 7.90. The molecule has 0 unspecified atom stereocenters. The van der Waals surface area contributed by atoms with Gasteiger partial charge in [-0.1, -0.05) is 6.92 Å². The highest BCUT2D eigenvalue weighted by atomic mass is 16.5. The number of rotatable bonds is 4. The van der Waals surface area contributed by atoms with Gasteiger partial charge in [0.05, 0.1) is 19.2 Å². The summed E-state index contributed by atoms with van der Waals surface area (Å²) >= 11 is 0. The van der Waals surface area contributed by atoms with Crippen molar-refractivity contribution in [3.8, 4) is 5.75 Å². The van der Waals surface area contributed by atoms with Crippen LogP contribution in [-0.4, -0.2) is 41.4 Å². The van der Waals surface area contributed by atoms with E-state index in [1.165, 1.54) is 0 Å². The van der Waals surface area contributed by atoms with Crippen molar-refractivity contribution in [3.05, 3.63) is 18.5 Å². The molecule has 1 saturated carbocycles. The number of carbonyl (C=O) groups excluding carboxylic acids is 2. The van der Waals surface area contributed by atoms with E-state index < -0.39 is 0 Å². The van der Waals surface area contributed by atoms with Gasteiger partial charge in [-0.2, -0.15) is 0 Å². The zero-order valence-electron chi connectivity index (χ0n) is 14.3. The first kappa shape index (κ1) is 16.7. The molecule has 1 aliphatic heterocycles. The van der Waals surface area contributed by atoms with Gasteiger partial charge >= 0.3 is 0 Å². The molecule has 130 valence electrons. The average Bonchev–Trinajstić information content (AvgIpc) is 2.98. The standard InChI is InChI=1S/C18H25N3O3/c1-12-3-5-14(6-4-12)21-11-13(9-17(21)22)18(23)20-15-10-19-8-7-16(15)24-2/h7-8,10,12-14H,3-6,9,11H2,1-2H3,(H,20,23)/t12?,13-,14?/m1/s1. The maximum atomic E-state index is 12.5. The monoisotopic (exact) mass is 331 g/mol. The number of aromatic nitrogens is 1. The van der Waals surface area contributed by atoms with Gasteiger partial charge in [0.2, 0.25) is 11.8 Å². The number of nitrogens with zero attached hydrogens (tertiary/aromatic N) is 2. The van der Waals surface area contributed by atoms with Crippen LogP contribution in [0.25, 0.3) is 0 Å². The largest absolute Gasteiger partial charge is 0.494 e. The molecule has 1 aliphatic carbocycles. The molecule has 0 spiro atoms. The zero-order chi connectivity index (χ0) is 17.1. The second-order valence-corrected chi connectivity index (χ2v) is 6.93. The van der Waals surface area contributed by atoms with Gasteiger partial charge in [-0.15, -0.1) is 0 Å². The lowest BCUT2D eigenvalue weighted by atomic mass is 9.87. The van der Waals surface area contributed by atoms with Gasteiger partial charge < -0.3 is 15.0 Å². The van der Waals surface area contributed by atoms with E-state index in [-0.39, 0.29) is 17.7 Å². The number of pyridine rings is 1. The molecule has 24 heavy (non-hydrogen) atoms. The van der Waals surface area contributed by atoms with E-state index in [0.29, 0.717) is 30.4 Å². The Labute approximate surface area is 142 Å². The molecule has 6 heteroatoms. The third kappa shape index (κ3) is 3.52. The number of amides is 2. The van der Waals surface area contributed by atoms with Gasteiger partial charge in [0, 0.05) is 31.3 Å². The Bertz CT molecular complexity index is 611. The summed E-state index contributed by atoms with van der Waals surface area (Å²) < 4.78 is 5.22. The van der Waals surface area contributed by atoms with Crippen LogP contribution in [0.5, 0.6) is 5.75 Å². The maximum Gasteiger partial charge on any atom is 0.229 e. The SMILES string of the molecule is COc1ccncc1NC(=O)[C@@H]1CC(=O)N(C2CCC(C)CC2)C1. The molecule has 2 amide bonds. The summed E-state index contributed by atoms with van der Waals surface area (Å²) in [5, 5.41) is 2.85.